The van der Waals surface area contributed by atoms with Crippen LogP contribution in [-0.4, -0.2) is 10.4 Å². The van der Waals surface area contributed by atoms with Gasteiger partial charge in [-0.05, 0) is 12.8 Å². The molecular weight excluding hydrogens is 212 g/mol. The summed E-state index contributed by atoms with van der Waals surface area (Å²) in [5, 5.41) is 1.08. The van der Waals surface area contributed by atoms with E-state index in [1.165, 1.54) is 12.8 Å². The van der Waals surface area contributed by atoms with Gasteiger partial charge in [0, 0.05) is 11.8 Å². The molecule has 0 aliphatic heterocycles. The maximum absolute atomic E-state index is 10.3. The monoisotopic (exact) mass is 224 g/mol. The Balaban J connectivity index is 2.84. The standard InChI is InChI=1S/C7H13BrOS/c8-6-4-2-1-3-5-7(9)10/h1-6H2,(H,9,10). The van der Waals surface area contributed by atoms with E-state index in [-0.39, 0.29) is 5.12 Å². The summed E-state index contributed by atoms with van der Waals surface area (Å²) in [4.78, 5) is 10.3. The maximum atomic E-state index is 10.3. The van der Waals surface area contributed by atoms with Crippen molar-refractivity contribution in [2.45, 2.75) is 32.1 Å². The first-order chi connectivity index (χ1) is 4.77. The van der Waals surface area contributed by atoms with Crippen LogP contribution in [0.5, 0.6) is 0 Å². The van der Waals surface area contributed by atoms with Crippen molar-refractivity contribution in [2.75, 3.05) is 5.33 Å². The first-order valence-electron chi connectivity index (χ1n) is 3.55. The zero-order chi connectivity index (χ0) is 7.82. The van der Waals surface area contributed by atoms with Gasteiger partial charge in [-0.3, -0.25) is 4.79 Å². The molecule has 0 saturated heterocycles. The number of unbranched alkanes of at least 4 members (excludes halogenated alkanes) is 3. The molecule has 0 aliphatic carbocycles. The van der Waals surface area contributed by atoms with Crippen LogP contribution in [0.3, 0.4) is 0 Å². The summed E-state index contributed by atoms with van der Waals surface area (Å²) in [5.41, 5.74) is 0. The summed E-state index contributed by atoms with van der Waals surface area (Å²) in [5.74, 6) is 0. The summed E-state index contributed by atoms with van der Waals surface area (Å²) in [6.45, 7) is 0. The lowest BCUT2D eigenvalue weighted by molar-refractivity contribution is -0.110. The molecule has 0 spiro atoms. The van der Waals surface area contributed by atoms with Gasteiger partial charge in [0.25, 0.3) is 0 Å². The maximum Gasteiger partial charge on any atom is 0.185 e. The lowest BCUT2D eigenvalue weighted by atomic mass is 10.2. The fourth-order valence-electron chi connectivity index (χ4n) is 0.724. The third-order valence-corrected chi connectivity index (χ3v) is 2.06. The van der Waals surface area contributed by atoms with Gasteiger partial charge in [-0.15, -0.1) is 12.6 Å². The second-order valence-corrected chi connectivity index (χ2v) is 3.54. The van der Waals surface area contributed by atoms with E-state index in [1.807, 2.05) is 0 Å². The van der Waals surface area contributed by atoms with E-state index in [4.69, 9.17) is 0 Å². The predicted molar refractivity (Wildman–Crippen MR) is 50.9 cm³/mol. The fourth-order valence-corrected chi connectivity index (χ4v) is 1.28. The minimum absolute atomic E-state index is 0.0128. The molecule has 3 heteroatoms. The van der Waals surface area contributed by atoms with Gasteiger partial charge in [-0.25, -0.2) is 0 Å². The largest absolute Gasteiger partial charge is 0.288 e. The highest BCUT2D eigenvalue weighted by Gasteiger charge is 1.93. The molecule has 0 unspecified atom stereocenters. The Kier molecular flexibility index (Phi) is 7.99. The first kappa shape index (κ1) is 10.5. The van der Waals surface area contributed by atoms with Gasteiger partial charge < -0.3 is 0 Å². The van der Waals surface area contributed by atoms with Gasteiger partial charge in [0.15, 0.2) is 5.12 Å². The van der Waals surface area contributed by atoms with Crippen molar-refractivity contribution in [3.8, 4) is 0 Å². The molecule has 0 radical (unpaired) electrons. The molecule has 0 N–H and O–H groups in total. The molecular formula is C7H13BrOS. The number of alkyl halides is 1. The van der Waals surface area contributed by atoms with Gasteiger partial charge in [0.2, 0.25) is 0 Å². The van der Waals surface area contributed by atoms with Gasteiger partial charge >= 0.3 is 0 Å². The van der Waals surface area contributed by atoms with E-state index in [2.05, 4.69) is 28.6 Å². The Morgan fingerprint density at radius 3 is 2.30 bits per heavy atom. The molecule has 0 amide bonds. The minimum Gasteiger partial charge on any atom is -0.288 e. The summed E-state index contributed by atoms with van der Waals surface area (Å²) in [6.07, 6.45) is 5.20. The summed E-state index contributed by atoms with van der Waals surface area (Å²) >= 11 is 7.02. The molecule has 0 aliphatic rings. The number of hydrogen-bond acceptors (Lipinski definition) is 1. The van der Waals surface area contributed by atoms with Crippen molar-refractivity contribution in [1.82, 2.24) is 0 Å². The first-order valence-corrected chi connectivity index (χ1v) is 5.12. The number of carbonyl (C=O) groups excluding carboxylic acids is 1. The van der Waals surface area contributed by atoms with Crippen LogP contribution < -0.4 is 0 Å². The average molecular weight is 225 g/mol. The van der Waals surface area contributed by atoms with Crippen molar-refractivity contribution in [3.05, 3.63) is 0 Å². The molecule has 1 nitrogen and oxygen atoms in total. The van der Waals surface area contributed by atoms with E-state index in [1.54, 1.807) is 0 Å². The Morgan fingerprint density at radius 1 is 1.20 bits per heavy atom. The number of carbonyl (C=O) groups is 1. The number of halogens is 1. The van der Waals surface area contributed by atoms with Crippen molar-refractivity contribution in [2.24, 2.45) is 0 Å². The third-order valence-electron chi connectivity index (χ3n) is 1.27. The normalized spacial score (nSPS) is 9.80. The number of hydrogen-bond donors (Lipinski definition) is 1. The van der Waals surface area contributed by atoms with Crippen LogP contribution in [0, 0.1) is 0 Å². The third kappa shape index (κ3) is 8.50. The van der Waals surface area contributed by atoms with Crippen LogP contribution >= 0.6 is 28.6 Å². The highest BCUT2D eigenvalue weighted by atomic mass is 79.9. The molecule has 0 aromatic heterocycles. The van der Waals surface area contributed by atoms with Crippen molar-refractivity contribution < 1.29 is 4.79 Å². The van der Waals surface area contributed by atoms with Crippen LogP contribution in [0.4, 0.5) is 0 Å². The average Bonchev–Trinajstić information content (AvgIpc) is 1.87. The smallest absolute Gasteiger partial charge is 0.185 e. The Labute approximate surface area is 76.1 Å². The molecule has 0 atom stereocenters. The molecule has 0 saturated carbocycles. The van der Waals surface area contributed by atoms with Crippen LogP contribution in [0.15, 0.2) is 0 Å². The van der Waals surface area contributed by atoms with Gasteiger partial charge in [-0.2, -0.15) is 0 Å². The second-order valence-electron chi connectivity index (χ2n) is 2.25. The lowest BCUT2D eigenvalue weighted by Gasteiger charge is -1.95. The Morgan fingerprint density at radius 2 is 1.80 bits per heavy atom. The van der Waals surface area contributed by atoms with Crippen molar-refractivity contribution >= 4 is 33.7 Å². The molecule has 10 heavy (non-hydrogen) atoms. The predicted octanol–water partition coefficient (Wildman–Crippen LogP) is 2.79. The summed E-state index contributed by atoms with van der Waals surface area (Å²) in [7, 11) is 0. The molecule has 0 aromatic carbocycles. The second kappa shape index (κ2) is 7.61. The topological polar surface area (TPSA) is 17.1 Å². The highest BCUT2D eigenvalue weighted by molar-refractivity contribution is 9.09. The van der Waals surface area contributed by atoms with Gasteiger partial charge in [-0.1, -0.05) is 28.8 Å². The molecule has 0 bridgehead atoms. The van der Waals surface area contributed by atoms with E-state index < -0.39 is 0 Å². The van der Waals surface area contributed by atoms with Crippen LogP contribution in [-0.2, 0) is 4.79 Å². The van der Waals surface area contributed by atoms with Crippen molar-refractivity contribution in [3.63, 3.8) is 0 Å². The summed E-state index contributed by atoms with van der Waals surface area (Å²) < 4.78 is 0. The van der Waals surface area contributed by atoms with Gasteiger partial charge in [0.1, 0.15) is 0 Å². The van der Waals surface area contributed by atoms with E-state index in [9.17, 15) is 4.79 Å². The Hall–Kier alpha value is 0.500. The SMILES string of the molecule is O=C(S)CCCCCCBr. The molecule has 0 rings (SSSR count). The van der Waals surface area contributed by atoms with E-state index in [0.29, 0.717) is 6.42 Å². The van der Waals surface area contributed by atoms with Crippen LogP contribution in [0.2, 0.25) is 0 Å². The van der Waals surface area contributed by atoms with Crippen LogP contribution in [0.25, 0.3) is 0 Å². The molecule has 0 fully saturated rings. The highest BCUT2D eigenvalue weighted by Crippen LogP contribution is 2.05. The fraction of sp³-hybridized carbons (Fsp3) is 0.857. The van der Waals surface area contributed by atoms with Crippen LogP contribution in [0.1, 0.15) is 32.1 Å². The zero-order valence-electron chi connectivity index (χ0n) is 5.98. The quantitative estimate of drug-likeness (QED) is 0.418. The Bertz CT molecular complexity index is 95.6. The molecule has 0 aromatic rings. The van der Waals surface area contributed by atoms with Gasteiger partial charge in [0.05, 0.1) is 0 Å². The van der Waals surface area contributed by atoms with E-state index >= 15 is 0 Å². The van der Waals surface area contributed by atoms with Crippen molar-refractivity contribution in [1.29, 1.82) is 0 Å². The molecule has 60 valence electrons. The summed E-state index contributed by atoms with van der Waals surface area (Å²) in [6, 6.07) is 0. The minimum atomic E-state index is 0.0128. The lowest BCUT2D eigenvalue weighted by Crippen LogP contribution is -1.86. The zero-order valence-corrected chi connectivity index (χ0v) is 8.46. The molecule has 0 heterocycles. The number of rotatable bonds is 6. The number of thiol groups is 1. The van der Waals surface area contributed by atoms with E-state index in [0.717, 1.165) is 18.2 Å².